The maximum absolute atomic E-state index is 12.0. The predicted octanol–water partition coefficient (Wildman–Crippen LogP) is 2.70. The molecule has 2 aliphatic carbocycles. The first-order valence-electron chi connectivity index (χ1n) is 7.94. The number of carbonyl (C=O) groups excluding carboxylic acids is 2. The van der Waals surface area contributed by atoms with Gasteiger partial charge in [-0.05, 0) is 38.7 Å². The smallest absolute Gasteiger partial charge is 0.305 e. The minimum atomic E-state index is -0.189. The number of allylic oxidation sites excluding steroid dienone is 1. The number of ketones is 1. The van der Waals surface area contributed by atoms with E-state index in [1.807, 2.05) is 6.08 Å². The quantitative estimate of drug-likeness (QED) is 0.534. The number of rotatable bonds is 7. The minimum absolute atomic E-state index is 0.0817. The molecule has 0 amide bonds. The van der Waals surface area contributed by atoms with Gasteiger partial charge in [0.1, 0.15) is 5.76 Å². The fraction of sp³-hybridized carbons (Fsp3) is 0.647. The normalized spacial score (nSPS) is 21.3. The molecule has 0 aliphatic heterocycles. The molecule has 22 heavy (non-hydrogen) atoms. The maximum atomic E-state index is 12.0. The van der Waals surface area contributed by atoms with Crippen molar-refractivity contribution in [2.24, 2.45) is 0 Å². The molecule has 0 aromatic rings. The molecule has 0 fully saturated rings. The summed E-state index contributed by atoms with van der Waals surface area (Å²) in [7, 11) is 1.58. The molecule has 0 aromatic heterocycles. The molecule has 1 atom stereocenters. The highest BCUT2D eigenvalue weighted by Crippen LogP contribution is 2.35. The van der Waals surface area contributed by atoms with Crippen LogP contribution in [0.1, 0.15) is 45.4 Å². The number of ether oxygens (including phenoxy) is 3. The highest BCUT2D eigenvalue weighted by molar-refractivity contribution is 6.00. The van der Waals surface area contributed by atoms with Crippen molar-refractivity contribution in [1.82, 2.24) is 0 Å². The lowest BCUT2D eigenvalue weighted by Crippen LogP contribution is -2.24. The van der Waals surface area contributed by atoms with Crippen LogP contribution in [0.4, 0.5) is 0 Å². The summed E-state index contributed by atoms with van der Waals surface area (Å²) in [5, 5.41) is 0. The van der Waals surface area contributed by atoms with Crippen LogP contribution in [0.2, 0.25) is 0 Å². The van der Waals surface area contributed by atoms with Gasteiger partial charge in [-0.3, -0.25) is 9.59 Å². The van der Waals surface area contributed by atoms with E-state index in [4.69, 9.17) is 14.2 Å². The zero-order chi connectivity index (χ0) is 15.9. The van der Waals surface area contributed by atoms with Gasteiger partial charge in [0.15, 0.2) is 5.78 Å². The SMILES string of the molecule is CCOC(=O)CCCOC1C=C(OC)C2=C(CCCC2=O)C1. The zero-order valence-electron chi connectivity index (χ0n) is 13.4. The monoisotopic (exact) mass is 308 g/mol. The van der Waals surface area contributed by atoms with E-state index in [2.05, 4.69) is 0 Å². The molecular formula is C17H24O5. The Hall–Kier alpha value is -1.62. The Morgan fingerprint density at radius 2 is 2.18 bits per heavy atom. The van der Waals surface area contributed by atoms with Crippen LogP contribution in [0.25, 0.3) is 0 Å². The van der Waals surface area contributed by atoms with Crippen LogP contribution in [0.15, 0.2) is 23.0 Å². The number of methoxy groups -OCH3 is 1. The summed E-state index contributed by atoms with van der Waals surface area (Å²) in [5.74, 6) is 0.627. The number of esters is 1. The van der Waals surface area contributed by atoms with E-state index in [-0.39, 0.29) is 17.9 Å². The van der Waals surface area contributed by atoms with E-state index in [1.54, 1.807) is 14.0 Å². The largest absolute Gasteiger partial charge is 0.496 e. The van der Waals surface area contributed by atoms with Crippen LogP contribution < -0.4 is 0 Å². The summed E-state index contributed by atoms with van der Waals surface area (Å²) < 4.78 is 16.1. The lowest BCUT2D eigenvalue weighted by Gasteiger charge is -2.28. The molecule has 0 aromatic carbocycles. The molecule has 2 rings (SSSR count). The van der Waals surface area contributed by atoms with Crippen LogP contribution in [0, 0.1) is 0 Å². The first-order chi connectivity index (χ1) is 10.7. The number of carbonyl (C=O) groups is 2. The first kappa shape index (κ1) is 16.7. The van der Waals surface area contributed by atoms with Gasteiger partial charge in [-0.15, -0.1) is 0 Å². The lowest BCUT2D eigenvalue weighted by atomic mass is 9.83. The molecule has 0 radical (unpaired) electrons. The average Bonchev–Trinajstić information content (AvgIpc) is 2.51. The van der Waals surface area contributed by atoms with E-state index in [1.165, 1.54) is 0 Å². The van der Waals surface area contributed by atoms with Crippen LogP contribution in [-0.4, -0.2) is 38.2 Å². The van der Waals surface area contributed by atoms with Gasteiger partial charge in [-0.1, -0.05) is 5.57 Å². The Balaban J connectivity index is 1.86. The van der Waals surface area contributed by atoms with Crippen molar-refractivity contribution in [3.63, 3.8) is 0 Å². The van der Waals surface area contributed by atoms with E-state index < -0.39 is 0 Å². The molecule has 0 bridgehead atoms. The van der Waals surface area contributed by atoms with Gasteiger partial charge in [0.2, 0.25) is 0 Å². The number of Topliss-reactive ketones (excluding diaryl/α,β-unsaturated/α-hetero) is 1. The highest BCUT2D eigenvalue weighted by atomic mass is 16.5. The Bertz CT molecular complexity index is 489. The minimum Gasteiger partial charge on any atom is -0.496 e. The topological polar surface area (TPSA) is 61.8 Å². The lowest BCUT2D eigenvalue weighted by molar-refractivity contribution is -0.143. The molecule has 1 unspecified atom stereocenters. The van der Waals surface area contributed by atoms with Gasteiger partial charge < -0.3 is 14.2 Å². The van der Waals surface area contributed by atoms with Crippen molar-refractivity contribution in [1.29, 1.82) is 0 Å². The zero-order valence-corrected chi connectivity index (χ0v) is 13.4. The Kier molecular flexibility index (Phi) is 6.19. The summed E-state index contributed by atoms with van der Waals surface area (Å²) >= 11 is 0. The van der Waals surface area contributed by atoms with Gasteiger partial charge in [0, 0.05) is 19.4 Å². The summed E-state index contributed by atoms with van der Waals surface area (Å²) in [6.45, 7) is 2.70. The molecule has 0 N–H and O–H groups in total. The molecule has 0 heterocycles. The summed E-state index contributed by atoms with van der Waals surface area (Å²) in [4.78, 5) is 23.3. The second-order valence-corrected chi connectivity index (χ2v) is 5.51. The summed E-state index contributed by atoms with van der Waals surface area (Å²) in [5.41, 5.74) is 1.91. The van der Waals surface area contributed by atoms with E-state index in [0.717, 1.165) is 30.4 Å². The third-order valence-corrected chi connectivity index (χ3v) is 3.93. The molecule has 5 nitrogen and oxygen atoms in total. The van der Waals surface area contributed by atoms with Crippen molar-refractivity contribution in [3.05, 3.63) is 23.0 Å². The fourth-order valence-electron chi connectivity index (χ4n) is 2.94. The Morgan fingerprint density at radius 1 is 1.36 bits per heavy atom. The number of hydrogen-bond donors (Lipinski definition) is 0. The van der Waals surface area contributed by atoms with Crippen LogP contribution >= 0.6 is 0 Å². The van der Waals surface area contributed by atoms with E-state index in [9.17, 15) is 9.59 Å². The second kappa shape index (κ2) is 8.13. The van der Waals surface area contributed by atoms with Gasteiger partial charge in [0.05, 0.1) is 25.4 Å². The third kappa shape index (κ3) is 4.19. The van der Waals surface area contributed by atoms with Crippen molar-refractivity contribution < 1.29 is 23.8 Å². The Labute approximate surface area is 131 Å². The highest BCUT2D eigenvalue weighted by Gasteiger charge is 2.30. The first-order valence-corrected chi connectivity index (χ1v) is 7.94. The standard InChI is InChI=1S/C17H24O5/c1-3-21-16(19)8-5-9-22-13-10-12-6-4-7-14(18)17(12)15(11-13)20-2/h11,13H,3-10H2,1-2H3. The maximum Gasteiger partial charge on any atom is 0.305 e. The summed E-state index contributed by atoms with van der Waals surface area (Å²) in [6, 6.07) is 0. The van der Waals surface area contributed by atoms with Crippen molar-refractivity contribution in [2.45, 2.75) is 51.6 Å². The van der Waals surface area contributed by atoms with Gasteiger partial charge >= 0.3 is 5.97 Å². The van der Waals surface area contributed by atoms with Crippen LogP contribution in [0.3, 0.4) is 0 Å². The van der Waals surface area contributed by atoms with Gasteiger partial charge in [-0.2, -0.15) is 0 Å². The molecule has 0 saturated heterocycles. The van der Waals surface area contributed by atoms with E-state index >= 15 is 0 Å². The number of hydrogen-bond acceptors (Lipinski definition) is 5. The molecular weight excluding hydrogens is 284 g/mol. The van der Waals surface area contributed by atoms with Crippen molar-refractivity contribution in [2.75, 3.05) is 20.3 Å². The van der Waals surface area contributed by atoms with Gasteiger partial charge in [-0.25, -0.2) is 0 Å². The second-order valence-electron chi connectivity index (χ2n) is 5.51. The molecule has 122 valence electrons. The van der Waals surface area contributed by atoms with Crippen molar-refractivity contribution in [3.8, 4) is 0 Å². The van der Waals surface area contributed by atoms with Gasteiger partial charge in [0.25, 0.3) is 0 Å². The van der Waals surface area contributed by atoms with Crippen LogP contribution in [0.5, 0.6) is 0 Å². The average molecular weight is 308 g/mol. The van der Waals surface area contributed by atoms with Crippen molar-refractivity contribution >= 4 is 11.8 Å². The fourth-order valence-corrected chi connectivity index (χ4v) is 2.94. The molecule has 2 aliphatic rings. The Morgan fingerprint density at radius 3 is 2.91 bits per heavy atom. The molecule has 0 saturated carbocycles. The predicted molar refractivity (Wildman–Crippen MR) is 81.2 cm³/mol. The molecule has 0 spiro atoms. The van der Waals surface area contributed by atoms with Crippen LogP contribution in [-0.2, 0) is 23.8 Å². The third-order valence-electron chi connectivity index (χ3n) is 3.93. The summed E-state index contributed by atoms with van der Waals surface area (Å²) in [6.07, 6.45) is 5.99. The molecule has 5 heteroatoms. The van der Waals surface area contributed by atoms with E-state index in [0.29, 0.717) is 38.2 Å².